The quantitative estimate of drug-likeness (QED) is 0.728. The summed E-state index contributed by atoms with van der Waals surface area (Å²) in [4.78, 5) is 0. The first kappa shape index (κ1) is 10.6. The van der Waals surface area contributed by atoms with Crippen molar-refractivity contribution in [3.8, 4) is 0 Å². The molecule has 0 radical (unpaired) electrons. The van der Waals surface area contributed by atoms with Gasteiger partial charge in [-0.1, -0.05) is 37.6 Å². The van der Waals surface area contributed by atoms with Crippen LogP contribution in [0, 0.1) is 11.3 Å². The molecule has 1 aliphatic heterocycles. The molecular formula is C14H18ClN. The van der Waals surface area contributed by atoms with Crippen molar-refractivity contribution in [3.63, 3.8) is 0 Å². The number of hydrogen-bond acceptors (Lipinski definition) is 1. The van der Waals surface area contributed by atoms with Gasteiger partial charge in [0.05, 0.1) is 0 Å². The largest absolute Gasteiger partial charge is 0.316 e. The van der Waals surface area contributed by atoms with E-state index in [1.807, 2.05) is 6.07 Å². The first-order chi connectivity index (χ1) is 7.63. The van der Waals surface area contributed by atoms with Crippen LogP contribution in [0.1, 0.15) is 30.9 Å². The highest BCUT2D eigenvalue weighted by molar-refractivity contribution is 6.31. The summed E-state index contributed by atoms with van der Waals surface area (Å²) in [6.07, 6.45) is 1.13. The Morgan fingerprint density at radius 2 is 2.25 bits per heavy atom. The van der Waals surface area contributed by atoms with Crippen molar-refractivity contribution in [1.82, 2.24) is 5.32 Å². The maximum absolute atomic E-state index is 6.32. The van der Waals surface area contributed by atoms with Crippen LogP contribution in [-0.2, 0) is 6.42 Å². The lowest BCUT2D eigenvalue weighted by Crippen LogP contribution is -2.37. The molecule has 0 bridgehead atoms. The first-order valence-corrected chi connectivity index (χ1v) is 6.49. The van der Waals surface area contributed by atoms with Gasteiger partial charge in [0.25, 0.3) is 0 Å². The van der Waals surface area contributed by atoms with Crippen molar-refractivity contribution in [2.24, 2.45) is 11.3 Å². The van der Waals surface area contributed by atoms with E-state index in [1.165, 1.54) is 11.1 Å². The molecule has 0 unspecified atom stereocenters. The van der Waals surface area contributed by atoms with Gasteiger partial charge >= 0.3 is 0 Å². The molecule has 1 N–H and O–H groups in total. The number of halogens is 1. The van der Waals surface area contributed by atoms with Crippen LogP contribution in [0.15, 0.2) is 18.2 Å². The molecule has 2 heteroatoms. The molecular weight excluding hydrogens is 218 g/mol. The van der Waals surface area contributed by atoms with Crippen LogP contribution in [0.5, 0.6) is 0 Å². The average molecular weight is 236 g/mol. The third kappa shape index (κ3) is 1.28. The Balaban J connectivity index is 2.16. The standard InChI is InChI=1S/C14H18ClN/c1-9-6-11-10(4-3-5-13(11)15)12-7-16-8-14(9,12)2/h3-5,9,12,16H,6-8H2,1-2H3/t9-,12-,14+/m0/s1. The van der Waals surface area contributed by atoms with Crippen molar-refractivity contribution < 1.29 is 0 Å². The van der Waals surface area contributed by atoms with E-state index in [4.69, 9.17) is 11.6 Å². The lowest BCUT2D eigenvalue weighted by atomic mass is 9.61. The van der Waals surface area contributed by atoms with Crippen LogP contribution in [0.25, 0.3) is 0 Å². The first-order valence-electron chi connectivity index (χ1n) is 6.11. The third-order valence-corrected chi connectivity index (χ3v) is 5.17. The molecule has 86 valence electrons. The average Bonchev–Trinajstić information content (AvgIpc) is 2.64. The summed E-state index contributed by atoms with van der Waals surface area (Å²) in [7, 11) is 0. The fraction of sp³-hybridized carbons (Fsp3) is 0.571. The fourth-order valence-electron chi connectivity index (χ4n) is 3.48. The number of benzene rings is 1. The molecule has 0 spiro atoms. The monoisotopic (exact) mass is 235 g/mol. The Kier molecular flexibility index (Phi) is 2.31. The second-order valence-electron chi connectivity index (χ2n) is 5.60. The van der Waals surface area contributed by atoms with Gasteiger partial charge in [0.15, 0.2) is 0 Å². The molecule has 1 aliphatic carbocycles. The van der Waals surface area contributed by atoms with Gasteiger partial charge in [0.2, 0.25) is 0 Å². The maximum atomic E-state index is 6.32. The molecule has 0 saturated carbocycles. The summed E-state index contributed by atoms with van der Waals surface area (Å²) >= 11 is 6.32. The van der Waals surface area contributed by atoms with E-state index in [2.05, 4.69) is 31.3 Å². The molecule has 1 aromatic rings. The van der Waals surface area contributed by atoms with Crippen LogP contribution in [-0.4, -0.2) is 13.1 Å². The van der Waals surface area contributed by atoms with E-state index >= 15 is 0 Å². The molecule has 3 atom stereocenters. The smallest absolute Gasteiger partial charge is 0.0440 e. The molecule has 1 saturated heterocycles. The second-order valence-corrected chi connectivity index (χ2v) is 6.01. The SMILES string of the molecule is C[C@H]1Cc2c(Cl)cccc2[C@@H]2CNC[C@]12C. The van der Waals surface area contributed by atoms with Gasteiger partial charge < -0.3 is 5.32 Å². The third-order valence-electron chi connectivity index (χ3n) is 4.82. The summed E-state index contributed by atoms with van der Waals surface area (Å²) in [6.45, 7) is 7.04. The topological polar surface area (TPSA) is 12.0 Å². The molecule has 1 heterocycles. The highest BCUT2D eigenvalue weighted by atomic mass is 35.5. The predicted molar refractivity (Wildman–Crippen MR) is 68.0 cm³/mol. The van der Waals surface area contributed by atoms with Gasteiger partial charge in [-0.05, 0) is 34.9 Å². The molecule has 3 rings (SSSR count). The van der Waals surface area contributed by atoms with Crippen molar-refractivity contribution in [2.75, 3.05) is 13.1 Å². The van der Waals surface area contributed by atoms with Crippen LogP contribution < -0.4 is 5.32 Å². The lowest BCUT2D eigenvalue weighted by molar-refractivity contribution is 0.184. The van der Waals surface area contributed by atoms with Crippen LogP contribution in [0.2, 0.25) is 5.02 Å². The number of hydrogen-bond donors (Lipinski definition) is 1. The lowest BCUT2D eigenvalue weighted by Gasteiger charge is -2.42. The molecule has 0 aromatic heterocycles. The zero-order chi connectivity index (χ0) is 11.3. The van der Waals surface area contributed by atoms with Crippen molar-refractivity contribution in [2.45, 2.75) is 26.2 Å². The van der Waals surface area contributed by atoms with Gasteiger partial charge in [-0.2, -0.15) is 0 Å². The van der Waals surface area contributed by atoms with Crippen molar-refractivity contribution in [3.05, 3.63) is 34.3 Å². The molecule has 1 aromatic carbocycles. The van der Waals surface area contributed by atoms with E-state index in [9.17, 15) is 0 Å². The van der Waals surface area contributed by atoms with E-state index in [0.29, 0.717) is 17.3 Å². The number of fused-ring (bicyclic) bond motifs is 3. The van der Waals surface area contributed by atoms with E-state index in [1.54, 1.807) is 0 Å². The Morgan fingerprint density at radius 3 is 3.06 bits per heavy atom. The van der Waals surface area contributed by atoms with Crippen LogP contribution >= 0.6 is 11.6 Å². The van der Waals surface area contributed by atoms with Crippen molar-refractivity contribution >= 4 is 11.6 Å². The minimum absolute atomic E-state index is 0.414. The van der Waals surface area contributed by atoms with Gasteiger partial charge in [-0.15, -0.1) is 0 Å². The highest BCUT2D eigenvalue weighted by Gasteiger charge is 2.47. The highest BCUT2D eigenvalue weighted by Crippen LogP contribution is 2.51. The van der Waals surface area contributed by atoms with Gasteiger partial charge in [0, 0.05) is 24.0 Å². The summed E-state index contributed by atoms with van der Waals surface area (Å²) in [5, 5.41) is 4.51. The Hall–Kier alpha value is -0.530. The predicted octanol–water partition coefficient (Wildman–Crippen LogP) is 3.23. The molecule has 2 aliphatic rings. The van der Waals surface area contributed by atoms with E-state index in [0.717, 1.165) is 24.5 Å². The van der Waals surface area contributed by atoms with E-state index in [-0.39, 0.29) is 0 Å². The van der Waals surface area contributed by atoms with Crippen LogP contribution in [0.4, 0.5) is 0 Å². The molecule has 16 heavy (non-hydrogen) atoms. The minimum atomic E-state index is 0.414. The Labute approximate surface area is 102 Å². The Morgan fingerprint density at radius 1 is 1.44 bits per heavy atom. The number of rotatable bonds is 0. The summed E-state index contributed by atoms with van der Waals surface area (Å²) < 4.78 is 0. The van der Waals surface area contributed by atoms with Crippen molar-refractivity contribution in [1.29, 1.82) is 0 Å². The second kappa shape index (κ2) is 3.48. The normalized spacial score (nSPS) is 36.9. The van der Waals surface area contributed by atoms with Gasteiger partial charge in [-0.25, -0.2) is 0 Å². The molecule has 0 amide bonds. The van der Waals surface area contributed by atoms with E-state index < -0.39 is 0 Å². The van der Waals surface area contributed by atoms with Gasteiger partial charge in [-0.3, -0.25) is 0 Å². The fourth-order valence-corrected chi connectivity index (χ4v) is 3.74. The summed E-state index contributed by atoms with van der Waals surface area (Å²) in [6, 6.07) is 6.39. The molecule has 1 fully saturated rings. The zero-order valence-corrected chi connectivity index (χ0v) is 10.6. The summed E-state index contributed by atoms with van der Waals surface area (Å²) in [5.74, 6) is 1.35. The zero-order valence-electron chi connectivity index (χ0n) is 9.89. The molecule has 1 nitrogen and oxygen atoms in total. The van der Waals surface area contributed by atoms with Gasteiger partial charge in [0.1, 0.15) is 0 Å². The number of nitrogens with one attached hydrogen (secondary N) is 1. The Bertz CT molecular complexity index is 429. The minimum Gasteiger partial charge on any atom is -0.316 e. The van der Waals surface area contributed by atoms with Crippen LogP contribution in [0.3, 0.4) is 0 Å². The maximum Gasteiger partial charge on any atom is 0.0440 e. The summed E-state index contributed by atoms with van der Waals surface area (Å²) in [5.41, 5.74) is 3.29.